The van der Waals surface area contributed by atoms with Gasteiger partial charge in [-0.2, -0.15) is 0 Å². The molecule has 2 unspecified atom stereocenters. The highest BCUT2D eigenvalue weighted by molar-refractivity contribution is 6.27. The van der Waals surface area contributed by atoms with Crippen molar-refractivity contribution >= 4 is 17.8 Å². The summed E-state index contributed by atoms with van der Waals surface area (Å²) in [7, 11) is 4.04. The van der Waals surface area contributed by atoms with Gasteiger partial charge in [0.1, 0.15) is 0 Å². The average molecular weight is 437 g/mol. The van der Waals surface area contributed by atoms with Gasteiger partial charge in [0.25, 0.3) is 0 Å². The maximum absolute atomic E-state index is 12.5. The molecule has 0 bridgehead atoms. The maximum atomic E-state index is 12.5. The van der Waals surface area contributed by atoms with Crippen LogP contribution in [0.15, 0.2) is 24.3 Å². The number of rotatable bonds is 7. The summed E-state index contributed by atoms with van der Waals surface area (Å²) < 4.78 is 5.89. The quantitative estimate of drug-likeness (QED) is 0.562. The van der Waals surface area contributed by atoms with Crippen molar-refractivity contribution in [3.05, 3.63) is 35.4 Å². The SMILES string of the molecule is Cc1ccc(C(CC(=O)NCCN(C)C)C2CCOC(C)(C)C2)cc1.O=C(O)C(=O)O. The summed E-state index contributed by atoms with van der Waals surface area (Å²) in [5, 5.41) is 17.9. The lowest BCUT2D eigenvalue weighted by Crippen LogP contribution is -2.38. The van der Waals surface area contributed by atoms with Gasteiger partial charge in [0.05, 0.1) is 5.60 Å². The number of aryl methyl sites for hydroxylation is 1. The smallest absolute Gasteiger partial charge is 0.414 e. The van der Waals surface area contributed by atoms with Crippen molar-refractivity contribution < 1.29 is 29.3 Å². The number of carboxylic acids is 2. The van der Waals surface area contributed by atoms with Crippen LogP contribution in [0.25, 0.3) is 0 Å². The molecule has 0 aliphatic carbocycles. The van der Waals surface area contributed by atoms with Crippen LogP contribution in [0.4, 0.5) is 0 Å². The molecule has 8 nitrogen and oxygen atoms in total. The number of ether oxygens (including phenoxy) is 1. The van der Waals surface area contributed by atoms with Gasteiger partial charge in [0, 0.05) is 26.1 Å². The number of aliphatic carboxylic acids is 2. The zero-order chi connectivity index (χ0) is 23.6. The van der Waals surface area contributed by atoms with Crippen LogP contribution in [-0.2, 0) is 19.1 Å². The van der Waals surface area contributed by atoms with Crippen molar-refractivity contribution in [3.63, 3.8) is 0 Å². The summed E-state index contributed by atoms with van der Waals surface area (Å²) in [6.45, 7) is 8.76. The van der Waals surface area contributed by atoms with Gasteiger partial charge in [-0.1, -0.05) is 29.8 Å². The van der Waals surface area contributed by atoms with E-state index in [2.05, 4.69) is 55.3 Å². The van der Waals surface area contributed by atoms with Crippen molar-refractivity contribution in [2.75, 3.05) is 33.8 Å². The van der Waals surface area contributed by atoms with Gasteiger partial charge in [-0.3, -0.25) is 4.79 Å². The predicted molar refractivity (Wildman–Crippen MR) is 118 cm³/mol. The van der Waals surface area contributed by atoms with E-state index in [0.717, 1.165) is 26.0 Å². The Balaban J connectivity index is 0.000000703. The second kappa shape index (κ2) is 12.4. The van der Waals surface area contributed by atoms with E-state index in [4.69, 9.17) is 24.5 Å². The summed E-state index contributed by atoms with van der Waals surface area (Å²) in [4.78, 5) is 32.8. The molecule has 0 spiro atoms. The molecule has 31 heavy (non-hydrogen) atoms. The monoisotopic (exact) mass is 436 g/mol. The van der Waals surface area contributed by atoms with Crippen molar-refractivity contribution in [2.45, 2.75) is 51.6 Å². The van der Waals surface area contributed by atoms with E-state index in [1.54, 1.807) is 0 Å². The number of hydrogen-bond donors (Lipinski definition) is 3. The van der Waals surface area contributed by atoms with Crippen LogP contribution in [0.2, 0.25) is 0 Å². The third-order valence-electron chi connectivity index (χ3n) is 5.28. The lowest BCUT2D eigenvalue weighted by atomic mass is 9.75. The molecule has 1 aromatic rings. The van der Waals surface area contributed by atoms with Crippen LogP contribution in [0.3, 0.4) is 0 Å². The second-order valence-electron chi connectivity index (χ2n) is 8.85. The normalized spacial score (nSPS) is 18.5. The van der Waals surface area contributed by atoms with Crippen LogP contribution in [0.1, 0.15) is 50.2 Å². The fraction of sp³-hybridized carbons (Fsp3) is 0.609. The Bertz CT molecular complexity index is 718. The van der Waals surface area contributed by atoms with Crippen molar-refractivity contribution in [1.82, 2.24) is 10.2 Å². The summed E-state index contributed by atoms with van der Waals surface area (Å²) in [6, 6.07) is 8.68. The van der Waals surface area contributed by atoms with Gasteiger partial charge in [0.15, 0.2) is 0 Å². The van der Waals surface area contributed by atoms with E-state index in [0.29, 0.717) is 18.9 Å². The fourth-order valence-corrected chi connectivity index (χ4v) is 3.68. The van der Waals surface area contributed by atoms with Gasteiger partial charge < -0.3 is 25.2 Å². The summed E-state index contributed by atoms with van der Waals surface area (Å²) >= 11 is 0. The molecule has 174 valence electrons. The predicted octanol–water partition coefficient (Wildman–Crippen LogP) is 2.51. The molecule has 2 rings (SSSR count). The molecule has 8 heteroatoms. The Morgan fingerprint density at radius 2 is 1.74 bits per heavy atom. The number of carboxylic acid groups (broad SMARTS) is 2. The Labute approximate surface area is 184 Å². The number of carbonyl (C=O) groups excluding carboxylic acids is 1. The summed E-state index contributed by atoms with van der Waals surface area (Å²) in [5.74, 6) is -2.77. The second-order valence-corrected chi connectivity index (χ2v) is 8.85. The topological polar surface area (TPSA) is 116 Å². The number of nitrogens with one attached hydrogen (secondary N) is 1. The molecular formula is C23H36N2O6. The molecule has 1 aliphatic heterocycles. The van der Waals surface area contributed by atoms with Gasteiger partial charge >= 0.3 is 11.9 Å². The first-order valence-electron chi connectivity index (χ1n) is 10.5. The van der Waals surface area contributed by atoms with Crippen molar-refractivity contribution in [2.24, 2.45) is 5.92 Å². The lowest BCUT2D eigenvalue weighted by Gasteiger charge is -2.39. The molecule has 1 amide bonds. The third kappa shape index (κ3) is 10.4. The van der Waals surface area contributed by atoms with Crippen LogP contribution < -0.4 is 5.32 Å². The number of benzene rings is 1. The molecule has 1 aliphatic rings. The van der Waals surface area contributed by atoms with Gasteiger partial charge in [-0.05, 0) is 65.1 Å². The number of likely N-dealkylation sites (N-methyl/N-ethyl adjacent to an activating group) is 1. The number of carbonyl (C=O) groups is 3. The molecular weight excluding hydrogens is 400 g/mol. The van der Waals surface area contributed by atoms with Crippen LogP contribution in [0.5, 0.6) is 0 Å². The molecule has 1 fully saturated rings. The number of amides is 1. The molecule has 1 aromatic carbocycles. The zero-order valence-corrected chi connectivity index (χ0v) is 19.2. The van der Waals surface area contributed by atoms with E-state index in [-0.39, 0.29) is 17.4 Å². The van der Waals surface area contributed by atoms with E-state index < -0.39 is 11.9 Å². The Morgan fingerprint density at radius 1 is 1.16 bits per heavy atom. The largest absolute Gasteiger partial charge is 0.473 e. The van der Waals surface area contributed by atoms with Gasteiger partial charge in [0.2, 0.25) is 5.91 Å². The molecule has 3 N–H and O–H groups in total. The minimum absolute atomic E-state index is 0.104. The van der Waals surface area contributed by atoms with Gasteiger partial charge in [-0.15, -0.1) is 0 Å². The first kappa shape index (κ1) is 26.6. The molecule has 1 saturated heterocycles. The average Bonchev–Trinajstić information content (AvgIpc) is 2.66. The highest BCUT2D eigenvalue weighted by Crippen LogP contribution is 2.40. The van der Waals surface area contributed by atoms with Crippen molar-refractivity contribution in [1.29, 1.82) is 0 Å². The minimum Gasteiger partial charge on any atom is -0.473 e. The molecule has 0 aromatic heterocycles. The van der Waals surface area contributed by atoms with Crippen LogP contribution in [-0.4, -0.2) is 72.4 Å². The highest BCUT2D eigenvalue weighted by Gasteiger charge is 2.35. The van der Waals surface area contributed by atoms with E-state index in [1.807, 2.05) is 14.1 Å². The number of nitrogens with zero attached hydrogens (tertiary/aromatic N) is 1. The molecule has 1 heterocycles. The van der Waals surface area contributed by atoms with E-state index >= 15 is 0 Å². The van der Waals surface area contributed by atoms with E-state index in [9.17, 15) is 4.79 Å². The Kier molecular flexibility index (Phi) is 10.6. The van der Waals surface area contributed by atoms with Crippen LogP contribution in [0, 0.1) is 12.8 Å². The zero-order valence-electron chi connectivity index (χ0n) is 19.2. The van der Waals surface area contributed by atoms with Gasteiger partial charge in [-0.25, -0.2) is 9.59 Å². The summed E-state index contributed by atoms with van der Waals surface area (Å²) in [5.41, 5.74) is 2.43. The van der Waals surface area contributed by atoms with E-state index in [1.165, 1.54) is 11.1 Å². The van der Waals surface area contributed by atoms with Crippen LogP contribution >= 0.6 is 0 Å². The number of hydrogen-bond acceptors (Lipinski definition) is 5. The fourth-order valence-electron chi connectivity index (χ4n) is 3.68. The first-order valence-corrected chi connectivity index (χ1v) is 10.5. The minimum atomic E-state index is -1.82. The maximum Gasteiger partial charge on any atom is 0.414 e. The highest BCUT2D eigenvalue weighted by atomic mass is 16.5. The molecule has 0 saturated carbocycles. The standard InChI is InChI=1S/C21H34N2O2.C2H2O4/c1-16-6-8-17(9-7-16)19(14-20(24)22-11-12-23(4)5)18-10-13-25-21(2,3)15-18;3-1(4)2(5)6/h6-9,18-19H,10-15H2,1-5H3,(H,22,24);(H,3,4)(H,5,6). The lowest BCUT2D eigenvalue weighted by molar-refractivity contribution is -0.159. The van der Waals surface area contributed by atoms with Crippen molar-refractivity contribution in [3.8, 4) is 0 Å². The molecule has 2 atom stereocenters. The summed E-state index contributed by atoms with van der Waals surface area (Å²) in [6.07, 6.45) is 2.57. The Hall–Kier alpha value is -2.45. The Morgan fingerprint density at radius 3 is 2.23 bits per heavy atom. The third-order valence-corrected chi connectivity index (χ3v) is 5.28. The first-order chi connectivity index (χ1) is 14.4. The molecule has 0 radical (unpaired) electrons.